The number of rotatable bonds is 4. The van der Waals surface area contributed by atoms with Gasteiger partial charge in [-0.15, -0.1) is 0 Å². The van der Waals surface area contributed by atoms with Crippen LogP contribution in [0.2, 0.25) is 10.0 Å². The van der Waals surface area contributed by atoms with Gasteiger partial charge in [0.1, 0.15) is 11.3 Å². The lowest BCUT2D eigenvalue weighted by Crippen LogP contribution is -2.30. The second kappa shape index (κ2) is 7.17. The predicted molar refractivity (Wildman–Crippen MR) is 97.7 cm³/mol. The third kappa shape index (κ3) is 4.13. The van der Waals surface area contributed by atoms with Crippen LogP contribution in [0.3, 0.4) is 0 Å². The van der Waals surface area contributed by atoms with Gasteiger partial charge in [0.25, 0.3) is 5.91 Å². The molecule has 0 saturated carbocycles. The minimum Gasteiger partial charge on any atom is -0.481 e. The molecule has 3 rings (SSSR count). The summed E-state index contributed by atoms with van der Waals surface area (Å²) in [6.07, 6.45) is -0.792. The highest BCUT2D eigenvalue weighted by atomic mass is 35.5. The van der Waals surface area contributed by atoms with E-state index in [1.807, 2.05) is 0 Å². The van der Waals surface area contributed by atoms with Gasteiger partial charge in [0.05, 0.1) is 10.7 Å². The molecule has 1 N–H and O–H groups in total. The summed E-state index contributed by atoms with van der Waals surface area (Å²) in [6.45, 7) is 1.60. The van der Waals surface area contributed by atoms with Crippen LogP contribution in [0.1, 0.15) is 6.92 Å². The zero-order chi connectivity index (χ0) is 18.0. The second-order valence-electron chi connectivity index (χ2n) is 5.33. The quantitative estimate of drug-likeness (QED) is 0.679. The Morgan fingerprint density at radius 1 is 1.12 bits per heavy atom. The standard InChI is InChI=1S/C18H13Cl2NO4/c1-10(18(23)21-15-6-4-12(19)8-14(15)20)24-13-5-2-11-3-7-17(22)25-16(11)9-13/h2-10H,1H3,(H,21,23)/t10-/m0/s1. The summed E-state index contributed by atoms with van der Waals surface area (Å²) in [5, 5.41) is 4.25. The minimum atomic E-state index is -0.792. The molecular formula is C18H13Cl2NO4. The summed E-state index contributed by atoms with van der Waals surface area (Å²) in [5.41, 5.74) is 0.377. The molecule has 1 aromatic heterocycles. The van der Waals surface area contributed by atoms with Gasteiger partial charge in [0, 0.05) is 22.5 Å². The van der Waals surface area contributed by atoms with Crippen molar-refractivity contribution in [3.63, 3.8) is 0 Å². The summed E-state index contributed by atoms with van der Waals surface area (Å²) >= 11 is 11.9. The summed E-state index contributed by atoms with van der Waals surface area (Å²) in [6, 6.07) is 12.8. The topological polar surface area (TPSA) is 68.5 Å². The molecule has 3 aromatic rings. The monoisotopic (exact) mass is 377 g/mol. The number of amides is 1. The van der Waals surface area contributed by atoms with Crippen molar-refractivity contribution in [2.45, 2.75) is 13.0 Å². The summed E-state index contributed by atoms with van der Waals surface area (Å²) < 4.78 is 10.7. The van der Waals surface area contributed by atoms with E-state index in [-0.39, 0.29) is 5.91 Å². The number of fused-ring (bicyclic) bond motifs is 1. The molecule has 0 spiro atoms. The molecule has 0 aliphatic rings. The van der Waals surface area contributed by atoms with Gasteiger partial charge < -0.3 is 14.5 Å². The normalized spacial score (nSPS) is 12.0. The van der Waals surface area contributed by atoms with Crippen LogP contribution in [-0.2, 0) is 4.79 Å². The van der Waals surface area contributed by atoms with E-state index in [0.717, 1.165) is 5.39 Å². The Hall–Kier alpha value is -2.50. The van der Waals surface area contributed by atoms with Crippen molar-refractivity contribution in [2.24, 2.45) is 0 Å². The molecule has 0 aliphatic heterocycles. The number of carbonyl (C=O) groups is 1. The maximum Gasteiger partial charge on any atom is 0.336 e. The Bertz CT molecular complexity index is 1000. The number of halogens is 2. The highest BCUT2D eigenvalue weighted by molar-refractivity contribution is 6.36. The molecule has 0 unspecified atom stereocenters. The smallest absolute Gasteiger partial charge is 0.336 e. The van der Waals surface area contributed by atoms with E-state index in [1.54, 1.807) is 43.3 Å². The third-order valence-corrected chi connectivity index (χ3v) is 4.01. The number of carbonyl (C=O) groups excluding carboxylic acids is 1. The first-order chi connectivity index (χ1) is 11.9. The molecule has 128 valence electrons. The highest BCUT2D eigenvalue weighted by Crippen LogP contribution is 2.26. The molecule has 0 radical (unpaired) electrons. The molecule has 5 nitrogen and oxygen atoms in total. The Morgan fingerprint density at radius 2 is 1.88 bits per heavy atom. The molecule has 2 aromatic carbocycles. The first kappa shape index (κ1) is 17.3. The average Bonchev–Trinajstić information content (AvgIpc) is 2.57. The Labute approximate surface area is 153 Å². The van der Waals surface area contributed by atoms with Crippen LogP contribution >= 0.6 is 23.2 Å². The van der Waals surface area contributed by atoms with Crippen molar-refractivity contribution in [1.82, 2.24) is 0 Å². The van der Waals surface area contributed by atoms with E-state index in [1.165, 1.54) is 12.1 Å². The van der Waals surface area contributed by atoms with Crippen molar-refractivity contribution in [3.8, 4) is 5.75 Å². The predicted octanol–water partition coefficient (Wildman–Crippen LogP) is 4.51. The van der Waals surface area contributed by atoms with Gasteiger partial charge in [-0.05, 0) is 43.3 Å². The first-order valence-electron chi connectivity index (χ1n) is 7.39. The van der Waals surface area contributed by atoms with Crippen molar-refractivity contribution in [2.75, 3.05) is 5.32 Å². The van der Waals surface area contributed by atoms with Crippen molar-refractivity contribution in [3.05, 3.63) is 69.0 Å². The number of ether oxygens (including phenoxy) is 1. The Balaban J connectivity index is 1.73. The fourth-order valence-electron chi connectivity index (χ4n) is 2.20. The van der Waals surface area contributed by atoms with E-state index in [0.29, 0.717) is 27.1 Å². The number of benzene rings is 2. The van der Waals surface area contributed by atoms with Crippen molar-refractivity contribution >= 4 is 45.8 Å². The maximum atomic E-state index is 12.3. The van der Waals surface area contributed by atoms with Crippen LogP contribution in [0.25, 0.3) is 11.0 Å². The van der Waals surface area contributed by atoms with Gasteiger partial charge >= 0.3 is 5.63 Å². The zero-order valence-corrected chi connectivity index (χ0v) is 14.6. The summed E-state index contributed by atoms with van der Waals surface area (Å²) in [7, 11) is 0. The molecule has 0 aliphatic carbocycles. The fourth-order valence-corrected chi connectivity index (χ4v) is 2.65. The van der Waals surface area contributed by atoms with Crippen LogP contribution in [0.5, 0.6) is 5.75 Å². The summed E-state index contributed by atoms with van der Waals surface area (Å²) in [4.78, 5) is 23.6. The lowest BCUT2D eigenvalue weighted by molar-refractivity contribution is -0.122. The number of hydrogen-bond donors (Lipinski definition) is 1. The lowest BCUT2D eigenvalue weighted by atomic mass is 10.2. The van der Waals surface area contributed by atoms with Crippen molar-refractivity contribution < 1.29 is 13.9 Å². The number of anilines is 1. The highest BCUT2D eigenvalue weighted by Gasteiger charge is 2.16. The molecule has 1 heterocycles. The maximum absolute atomic E-state index is 12.3. The van der Waals surface area contributed by atoms with Gasteiger partial charge in [0.15, 0.2) is 6.10 Å². The molecule has 0 fully saturated rings. The van der Waals surface area contributed by atoms with Crippen LogP contribution in [0.15, 0.2) is 57.7 Å². The number of hydrogen-bond acceptors (Lipinski definition) is 4. The van der Waals surface area contributed by atoms with E-state index < -0.39 is 11.7 Å². The molecular weight excluding hydrogens is 365 g/mol. The molecule has 0 saturated heterocycles. The summed E-state index contributed by atoms with van der Waals surface area (Å²) in [5.74, 6) is 0.0329. The molecule has 1 atom stereocenters. The van der Waals surface area contributed by atoms with E-state index in [4.69, 9.17) is 32.4 Å². The third-order valence-electron chi connectivity index (χ3n) is 3.47. The van der Waals surface area contributed by atoms with E-state index in [2.05, 4.69) is 5.32 Å². The van der Waals surface area contributed by atoms with E-state index >= 15 is 0 Å². The van der Waals surface area contributed by atoms with Gasteiger partial charge in [-0.3, -0.25) is 4.79 Å². The van der Waals surface area contributed by atoms with E-state index in [9.17, 15) is 9.59 Å². The molecule has 25 heavy (non-hydrogen) atoms. The minimum absolute atomic E-state index is 0.334. The van der Waals surface area contributed by atoms with Crippen LogP contribution in [-0.4, -0.2) is 12.0 Å². The van der Waals surface area contributed by atoms with Crippen molar-refractivity contribution in [1.29, 1.82) is 0 Å². The lowest BCUT2D eigenvalue weighted by Gasteiger charge is -2.15. The average molecular weight is 378 g/mol. The van der Waals surface area contributed by atoms with Crippen LogP contribution in [0, 0.1) is 0 Å². The molecule has 7 heteroatoms. The number of nitrogens with one attached hydrogen (secondary N) is 1. The van der Waals surface area contributed by atoms with Gasteiger partial charge in [-0.2, -0.15) is 0 Å². The van der Waals surface area contributed by atoms with Crippen LogP contribution in [0.4, 0.5) is 5.69 Å². The Morgan fingerprint density at radius 3 is 2.64 bits per heavy atom. The van der Waals surface area contributed by atoms with Crippen LogP contribution < -0.4 is 15.7 Å². The van der Waals surface area contributed by atoms with Gasteiger partial charge in [0.2, 0.25) is 0 Å². The largest absolute Gasteiger partial charge is 0.481 e. The Kier molecular flexibility index (Phi) is 4.97. The fraction of sp³-hybridized carbons (Fsp3) is 0.111. The molecule has 1 amide bonds. The zero-order valence-electron chi connectivity index (χ0n) is 13.1. The molecule has 0 bridgehead atoms. The first-order valence-corrected chi connectivity index (χ1v) is 8.14. The van der Waals surface area contributed by atoms with Gasteiger partial charge in [-0.1, -0.05) is 23.2 Å². The second-order valence-corrected chi connectivity index (χ2v) is 6.17. The van der Waals surface area contributed by atoms with Gasteiger partial charge in [-0.25, -0.2) is 4.79 Å². The SMILES string of the molecule is C[C@H](Oc1ccc2ccc(=O)oc2c1)C(=O)Nc1ccc(Cl)cc1Cl.